The van der Waals surface area contributed by atoms with Crippen LogP contribution < -0.4 is 5.32 Å². The summed E-state index contributed by atoms with van der Waals surface area (Å²) in [5.74, 6) is -0.425. The molecule has 1 aliphatic rings. The van der Waals surface area contributed by atoms with E-state index in [0.29, 0.717) is 29.7 Å². The predicted octanol–water partition coefficient (Wildman–Crippen LogP) is 2.83. The summed E-state index contributed by atoms with van der Waals surface area (Å²) in [5, 5.41) is 3.05. The highest BCUT2D eigenvalue weighted by atomic mass is 19.1. The third kappa shape index (κ3) is 3.33. The van der Waals surface area contributed by atoms with Gasteiger partial charge in [0.1, 0.15) is 11.9 Å². The van der Waals surface area contributed by atoms with Crippen LogP contribution in [-0.4, -0.2) is 28.1 Å². The van der Waals surface area contributed by atoms with Crippen LogP contribution in [-0.2, 0) is 11.8 Å². The molecule has 0 radical (unpaired) electrons. The Balaban J connectivity index is 1.69. The number of nitrogens with one attached hydrogen (secondary N) is 1. The van der Waals surface area contributed by atoms with E-state index in [1.165, 1.54) is 0 Å². The molecule has 2 heterocycles. The van der Waals surface area contributed by atoms with Gasteiger partial charge in [-0.05, 0) is 49.9 Å². The molecule has 1 aromatic carbocycles. The van der Waals surface area contributed by atoms with Crippen molar-refractivity contribution in [3.05, 3.63) is 52.9 Å². The molecule has 1 fully saturated rings. The van der Waals surface area contributed by atoms with Gasteiger partial charge in [-0.1, -0.05) is 0 Å². The van der Waals surface area contributed by atoms with Crippen molar-refractivity contribution in [1.82, 2.24) is 14.9 Å². The van der Waals surface area contributed by atoms with E-state index in [1.54, 1.807) is 38.5 Å². The van der Waals surface area contributed by atoms with Crippen molar-refractivity contribution in [3.8, 4) is 0 Å². The quantitative estimate of drug-likeness (QED) is 0.941. The van der Waals surface area contributed by atoms with Crippen LogP contribution in [0, 0.1) is 19.7 Å². The molecule has 128 valence electrons. The summed E-state index contributed by atoms with van der Waals surface area (Å²) in [5.41, 5.74) is 2.47. The van der Waals surface area contributed by atoms with Crippen LogP contribution in [0.1, 0.15) is 46.1 Å². The van der Waals surface area contributed by atoms with Crippen LogP contribution in [0.25, 0.3) is 0 Å². The highest BCUT2D eigenvalue weighted by Gasteiger charge is 2.27. The molecule has 2 aromatic rings. The van der Waals surface area contributed by atoms with Crippen LogP contribution in [0.2, 0.25) is 0 Å². The minimum absolute atomic E-state index is 0.0248. The number of nitrogens with zero attached hydrogens (tertiary/aromatic N) is 2. The average Bonchev–Trinajstić information content (AvgIpc) is 2.98. The lowest BCUT2D eigenvalue weighted by Crippen LogP contribution is -2.40. The lowest BCUT2D eigenvalue weighted by Gasteiger charge is -2.30. The maximum absolute atomic E-state index is 13.7. The summed E-state index contributed by atoms with van der Waals surface area (Å²) in [7, 11) is 1.93. The first kappa shape index (κ1) is 16.6. The van der Waals surface area contributed by atoms with Gasteiger partial charge in [-0.2, -0.15) is 0 Å². The van der Waals surface area contributed by atoms with Gasteiger partial charge in [0.05, 0.1) is 18.2 Å². The molecule has 0 spiro atoms. The summed E-state index contributed by atoms with van der Waals surface area (Å²) in [6.45, 7) is 3.93. The Morgan fingerprint density at radius 2 is 2.08 bits per heavy atom. The molecule has 1 amide bonds. The standard InChI is InChI=1S/C18H22FN3O2/c1-11-6-13(7-12(2)17(11)19)18(23)21-14-4-5-24-16(8-14)15-9-20-10-22(15)3/h6-7,9-10,14,16H,4-5,8H2,1-3H3,(H,21,23)/t14-,16-/m1/s1. The van der Waals surface area contributed by atoms with Crippen molar-refractivity contribution in [2.24, 2.45) is 7.05 Å². The summed E-state index contributed by atoms with van der Waals surface area (Å²) in [6.07, 6.45) is 4.92. The topological polar surface area (TPSA) is 56.1 Å². The number of hydrogen-bond acceptors (Lipinski definition) is 3. The number of amides is 1. The van der Waals surface area contributed by atoms with Crippen molar-refractivity contribution in [2.45, 2.75) is 38.8 Å². The molecule has 1 saturated heterocycles. The molecule has 3 rings (SSSR count). The van der Waals surface area contributed by atoms with Gasteiger partial charge in [0, 0.05) is 25.3 Å². The molecule has 2 atom stereocenters. The van der Waals surface area contributed by atoms with E-state index in [9.17, 15) is 9.18 Å². The number of aromatic nitrogens is 2. The second kappa shape index (κ2) is 6.73. The van der Waals surface area contributed by atoms with Gasteiger partial charge in [-0.15, -0.1) is 0 Å². The van der Waals surface area contributed by atoms with Crippen LogP contribution >= 0.6 is 0 Å². The summed E-state index contributed by atoms with van der Waals surface area (Å²) in [6, 6.07) is 3.21. The SMILES string of the molecule is Cc1cc(C(=O)N[C@@H]2CCO[C@@H](c3cncn3C)C2)cc(C)c1F. The Morgan fingerprint density at radius 3 is 2.71 bits per heavy atom. The number of ether oxygens (including phenoxy) is 1. The van der Waals surface area contributed by atoms with E-state index >= 15 is 0 Å². The number of carbonyl (C=O) groups excluding carboxylic acids is 1. The molecule has 0 aliphatic carbocycles. The fourth-order valence-corrected chi connectivity index (χ4v) is 3.16. The second-order valence-corrected chi connectivity index (χ2v) is 6.41. The minimum Gasteiger partial charge on any atom is -0.372 e. The first-order chi connectivity index (χ1) is 11.5. The van der Waals surface area contributed by atoms with Gasteiger partial charge in [0.2, 0.25) is 0 Å². The van der Waals surface area contributed by atoms with Crippen molar-refractivity contribution in [2.75, 3.05) is 6.61 Å². The minimum atomic E-state index is -0.256. The molecule has 6 heteroatoms. The van der Waals surface area contributed by atoms with Gasteiger partial charge in [0.15, 0.2) is 0 Å². The maximum atomic E-state index is 13.7. The predicted molar refractivity (Wildman–Crippen MR) is 88.3 cm³/mol. The van der Waals surface area contributed by atoms with Crippen molar-refractivity contribution < 1.29 is 13.9 Å². The number of carbonyl (C=O) groups is 1. The van der Waals surface area contributed by atoms with Gasteiger partial charge >= 0.3 is 0 Å². The smallest absolute Gasteiger partial charge is 0.251 e. The zero-order valence-electron chi connectivity index (χ0n) is 14.2. The fraction of sp³-hybridized carbons (Fsp3) is 0.444. The first-order valence-electron chi connectivity index (χ1n) is 8.11. The Bertz CT molecular complexity index is 733. The van der Waals surface area contributed by atoms with E-state index in [4.69, 9.17) is 4.74 Å². The molecule has 1 N–H and O–H groups in total. The van der Waals surface area contributed by atoms with Crippen LogP contribution in [0.15, 0.2) is 24.7 Å². The van der Waals surface area contributed by atoms with Crippen molar-refractivity contribution >= 4 is 5.91 Å². The number of aryl methyl sites for hydroxylation is 3. The van der Waals surface area contributed by atoms with Gasteiger partial charge in [0.25, 0.3) is 5.91 Å². The summed E-state index contributed by atoms with van der Waals surface area (Å²) < 4.78 is 21.5. The first-order valence-corrected chi connectivity index (χ1v) is 8.11. The van der Waals surface area contributed by atoms with Crippen LogP contribution in [0.5, 0.6) is 0 Å². The van der Waals surface area contributed by atoms with E-state index in [0.717, 1.165) is 12.1 Å². The van der Waals surface area contributed by atoms with E-state index in [2.05, 4.69) is 10.3 Å². The molecule has 0 unspecified atom stereocenters. The van der Waals surface area contributed by atoms with Gasteiger partial charge in [-0.3, -0.25) is 4.79 Å². The maximum Gasteiger partial charge on any atom is 0.251 e. The zero-order valence-corrected chi connectivity index (χ0v) is 14.2. The molecular weight excluding hydrogens is 309 g/mol. The van der Waals surface area contributed by atoms with Crippen LogP contribution in [0.4, 0.5) is 4.39 Å². The Hall–Kier alpha value is -2.21. The molecule has 0 bridgehead atoms. The molecule has 0 saturated carbocycles. The summed E-state index contributed by atoms with van der Waals surface area (Å²) >= 11 is 0. The van der Waals surface area contributed by atoms with Crippen molar-refractivity contribution in [3.63, 3.8) is 0 Å². The third-order valence-corrected chi connectivity index (χ3v) is 4.50. The molecule has 1 aromatic heterocycles. The van der Waals surface area contributed by atoms with Crippen LogP contribution in [0.3, 0.4) is 0 Å². The number of halogens is 1. The molecule has 1 aliphatic heterocycles. The summed E-state index contributed by atoms with van der Waals surface area (Å²) in [4.78, 5) is 16.6. The number of benzene rings is 1. The zero-order chi connectivity index (χ0) is 17.3. The fourth-order valence-electron chi connectivity index (χ4n) is 3.16. The number of imidazole rings is 1. The largest absolute Gasteiger partial charge is 0.372 e. The lowest BCUT2D eigenvalue weighted by molar-refractivity contribution is -0.00301. The van der Waals surface area contributed by atoms with Gasteiger partial charge < -0.3 is 14.6 Å². The number of hydrogen-bond donors (Lipinski definition) is 1. The third-order valence-electron chi connectivity index (χ3n) is 4.50. The normalized spacial score (nSPS) is 20.8. The second-order valence-electron chi connectivity index (χ2n) is 6.41. The van der Waals surface area contributed by atoms with Crippen molar-refractivity contribution in [1.29, 1.82) is 0 Å². The van der Waals surface area contributed by atoms with Gasteiger partial charge in [-0.25, -0.2) is 9.37 Å². The number of rotatable bonds is 3. The molecular formula is C18H22FN3O2. The van der Waals surface area contributed by atoms with E-state index < -0.39 is 0 Å². The highest BCUT2D eigenvalue weighted by Crippen LogP contribution is 2.27. The Kier molecular flexibility index (Phi) is 4.66. The molecule has 24 heavy (non-hydrogen) atoms. The lowest BCUT2D eigenvalue weighted by atomic mass is 10.00. The Labute approximate surface area is 140 Å². The Morgan fingerprint density at radius 1 is 1.38 bits per heavy atom. The van der Waals surface area contributed by atoms with E-state index in [-0.39, 0.29) is 23.9 Å². The monoisotopic (exact) mass is 331 g/mol. The average molecular weight is 331 g/mol. The van der Waals surface area contributed by atoms with E-state index in [1.807, 2.05) is 11.6 Å². The highest BCUT2D eigenvalue weighted by molar-refractivity contribution is 5.94. The molecule has 5 nitrogen and oxygen atoms in total.